The molecule has 1 fully saturated rings. The molecular formula is C11H24N2. The summed E-state index contributed by atoms with van der Waals surface area (Å²) in [6.07, 6.45) is 4.13. The summed E-state index contributed by atoms with van der Waals surface area (Å²) in [6.45, 7) is 10.1. The Morgan fingerprint density at radius 2 is 2.08 bits per heavy atom. The molecule has 0 aromatic rings. The highest BCUT2D eigenvalue weighted by molar-refractivity contribution is 4.80. The molecule has 1 saturated heterocycles. The molecule has 0 radical (unpaired) electrons. The molecule has 0 amide bonds. The van der Waals surface area contributed by atoms with Crippen molar-refractivity contribution in [3.05, 3.63) is 0 Å². The van der Waals surface area contributed by atoms with E-state index in [-0.39, 0.29) is 5.41 Å². The molecule has 78 valence electrons. The highest BCUT2D eigenvalue weighted by Gasteiger charge is 2.25. The van der Waals surface area contributed by atoms with Crippen LogP contribution < -0.4 is 5.73 Å². The zero-order valence-corrected chi connectivity index (χ0v) is 9.34. The smallest absolute Gasteiger partial charge is 0.00671 e. The van der Waals surface area contributed by atoms with Gasteiger partial charge in [0.05, 0.1) is 0 Å². The molecular weight excluding hydrogens is 160 g/mol. The summed E-state index contributed by atoms with van der Waals surface area (Å²) >= 11 is 0. The van der Waals surface area contributed by atoms with Crippen molar-refractivity contribution >= 4 is 0 Å². The molecule has 0 saturated carbocycles. The third-order valence-electron chi connectivity index (χ3n) is 3.12. The average molecular weight is 184 g/mol. The molecule has 1 aliphatic rings. The first-order valence-corrected chi connectivity index (χ1v) is 5.49. The van der Waals surface area contributed by atoms with Crippen LogP contribution in [0.3, 0.4) is 0 Å². The van der Waals surface area contributed by atoms with Gasteiger partial charge < -0.3 is 10.6 Å². The van der Waals surface area contributed by atoms with Crippen molar-refractivity contribution in [1.29, 1.82) is 0 Å². The van der Waals surface area contributed by atoms with Crippen molar-refractivity contribution in [3.8, 4) is 0 Å². The second kappa shape index (κ2) is 4.43. The quantitative estimate of drug-likeness (QED) is 0.725. The van der Waals surface area contributed by atoms with Gasteiger partial charge in [0.25, 0.3) is 0 Å². The topological polar surface area (TPSA) is 29.3 Å². The SMILES string of the molecule is CC1CCCCN1CC(C)(C)CN. The van der Waals surface area contributed by atoms with Crippen LogP contribution in [0.15, 0.2) is 0 Å². The van der Waals surface area contributed by atoms with Gasteiger partial charge in [-0.2, -0.15) is 0 Å². The standard InChI is InChI=1S/C11H24N2/c1-10-6-4-5-7-13(10)9-11(2,3)8-12/h10H,4-9,12H2,1-3H3. The van der Waals surface area contributed by atoms with E-state index in [0.29, 0.717) is 0 Å². The van der Waals surface area contributed by atoms with E-state index in [1.54, 1.807) is 0 Å². The van der Waals surface area contributed by atoms with Crippen LogP contribution in [0, 0.1) is 5.41 Å². The summed E-state index contributed by atoms with van der Waals surface area (Å²) in [6, 6.07) is 0.763. The Morgan fingerprint density at radius 1 is 1.38 bits per heavy atom. The second-order valence-electron chi connectivity index (χ2n) is 5.18. The van der Waals surface area contributed by atoms with Crippen LogP contribution in [0.1, 0.15) is 40.0 Å². The van der Waals surface area contributed by atoms with Gasteiger partial charge in [0.2, 0.25) is 0 Å². The normalized spacial score (nSPS) is 26.3. The van der Waals surface area contributed by atoms with Crippen LogP contribution in [0.5, 0.6) is 0 Å². The summed E-state index contributed by atoms with van der Waals surface area (Å²) in [5.41, 5.74) is 6.03. The first-order chi connectivity index (χ1) is 6.05. The minimum Gasteiger partial charge on any atom is -0.330 e. The van der Waals surface area contributed by atoms with E-state index in [1.807, 2.05) is 0 Å². The van der Waals surface area contributed by atoms with Gasteiger partial charge in [-0.25, -0.2) is 0 Å². The van der Waals surface area contributed by atoms with Gasteiger partial charge in [-0.1, -0.05) is 20.3 Å². The molecule has 1 unspecified atom stereocenters. The van der Waals surface area contributed by atoms with E-state index in [1.165, 1.54) is 25.8 Å². The van der Waals surface area contributed by atoms with E-state index < -0.39 is 0 Å². The lowest BCUT2D eigenvalue weighted by atomic mass is 9.91. The summed E-state index contributed by atoms with van der Waals surface area (Å²) in [5.74, 6) is 0. The molecule has 1 atom stereocenters. The lowest BCUT2D eigenvalue weighted by Gasteiger charge is -2.38. The number of piperidine rings is 1. The van der Waals surface area contributed by atoms with Crippen molar-refractivity contribution in [2.75, 3.05) is 19.6 Å². The molecule has 1 rings (SSSR count). The van der Waals surface area contributed by atoms with E-state index in [9.17, 15) is 0 Å². The first-order valence-electron chi connectivity index (χ1n) is 5.49. The molecule has 2 N–H and O–H groups in total. The van der Waals surface area contributed by atoms with E-state index in [0.717, 1.165) is 19.1 Å². The van der Waals surface area contributed by atoms with Crippen LogP contribution in [0.25, 0.3) is 0 Å². The molecule has 0 aromatic carbocycles. The molecule has 2 heteroatoms. The zero-order valence-electron chi connectivity index (χ0n) is 9.34. The molecule has 0 spiro atoms. The van der Waals surface area contributed by atoms with Crippen molar-refractivity contribution in [1.82, 2.24) is 4.90 Å². The third-order valence-corrected chi connectivity index (χ3v) is 3.12. The van der Waals surface area contributed by atoms with Gasteiger partial charge in [-0.05, 0) is 38.3 Å². The third kappa shape index (κ3) is 3.28. The van der Waals surface area contributed by atoms with Crippen LogP contribution >= 0.6 is 0 Å². The number of rotatable bonds is 3. The summed E-state index contributed by atoms with van der Waals surface area (Å²) < 4.78 is 0. The highest BCUT2D eigenvalue weighted by atomic mass is 15.2. The van der Waals surface area contributed by atoms with Crippen molar-refractivity contribution in [2.45, 2.75) is 46.1 Å². The summed E-state index contributed by atoms with van der Waals surface area (Å²) in [4.78, 5) is 2.59. The van der Waals surface area contributed by atoms with Crippen LogP contribution in [0.4, 0.5) is 0 Å². The highest BCUT2D eigenvalue weighted by Crippen LogP contribution is 2.22. The number of likely N-dealkylation sites (tertiary alicyclic amines) is 1. The van der Waals surface area contributed by atoms with Gasteiger partial charge in [0, 0.05) is 12.6 Å². The van der Waals surface area contributed by atoms with Crippen molar-refractivity contribution < 1.29 is 0 Å². The molecule has 0 bridgehead atoms. The van der Waals surface area contributed by atoms with Gasteiger partial charge >= 0.3 is 0 Å². The molecule has 1 aliphatic heterocycles. The maximum absolute atomic E-state index is 5.74. The average Bonchev–Trinajstić information content (AvgIpc) is 2.09. The predicted octanol–water partition coefficient (Wildman–Crippen LogP) is 1.85. The fraction of sp³-hybridized carbons (Fsp3) is 1.00. The number of hydrogen-bond donors (Lipinski definition) is 1. The number of hydrogen-bond acceptors (Lipinski definition) is 2. The Kier molecular flexibility index (Phi) is 3.74. The second-order valence-corrected chi connectivity index (χ2v) is 5.18. The first kappa shape index (κ1) is 11.0. The van der Waals surface area contributed by atoms with E-state index in [4.69, 9.17) is 5.73 Å². The molecule has 0 aromatic heterocycles. The van der Waals surface area contributed by atoms with E-state index >= 15 is 0 Å². The lowest BCUT2D eigenvalue weighted by molar-refractivity contribution is 0.109. The number of nitrogens with zero attached hydrogens (tertiary/aromatic N) is 1. The Hall–Kier alpha value is -0.0800. The zero-order chi connectivity index (χ0) is 9.90. The van der Waals surface area contributed by atoms with Gasteiger partial charge in [-0.3, -0.25) is 0 Å². The maximum Gasteiger partial charge on any atom is 0.00671 e. The molecule has 1 heterocycles. The minimum atomic E-state index is 0.283. The Labute approximate surface area is 82.5 Å². The van der Waals surface area contributed by atoms with Gasteiger partial charge in [0.1, 0.15) is 0 Å². The Balaban J connectivity index is 2.42. The summed E-state index contributed by atoms with van der Waals surface area (Å²) in [7, 11) is 0. The minimum absolute atomic E-state index is 0.283. The summed E-state index contributed by atoms with van der Waals surface area (Å²) in [5, 5.41) is 0. The van der Waals surface area contributed by atoms with Crippen LogP contribution in [0.2, 0.25) is 0 Å². The Morgan fingerprint density at radius 3 is 2.62 bits per heavy atom. The van der Waals surface area contributed by atoms with Crippen LogP contribution in [-0.2, 0) is 0 Å². The monoisotopic (exact) mass is 184 g/mol. The fourth-order valence-corrected chi connectivity index (χ4v) is 2.01. The van der Waals surface area contributed by atoms with E-state index in [2.05, 4.69) is 25.7 Å². The molecule has 2 nitrogen and oxygen atoms in total. The van der Waals surface area contributed by atoms with Gasteiger partial charge in [0.15, 0.2) is 0 Å². The fourth-order valence-electron chi connectivity index (χ4n) is 2.01. The van der Waals surface area contributed by atoms with Crippen LogP contribution in [-0.4, -0.2) is 30.6 Å². The Bertz CT molecular complexity index is 154. The van der Waals surface area contributed by atoms with Crippen molar-refractivity contribution in [2.24, 2.45) is 11.1 Å². The van der Waals surface area contributed by atoms with Crippen molar-refractivity contribution in [3.63, 3.8) is 0 Å². The molecule has 0 aliphatic carbocycles. The lowest BCUT2D eigenvalue weighted by Crippen LogP contribution is -2.45. The van der Waals surface area contributed by atoms with Gasteiger partial charge in [-0.15, -0.1) is 0 Å². The largest absolute Gasteiger partial charge is 0.330 e. The predicted molar refractivity (Wildman–Crippen MR) is 57.7 cm³/mol. The molecule has 13 heavy (non-hydrogen) atoms. The maximum atomic E-state index is 5.74. The number of nitrogens with two attached hydrogens (primary N) is 1.